The van der Waals surface area contributed by atoms with Crippen molar-refractivity contribution < 1.29 is 28.5 Å². The summed E-state index contributed by atoms with van der Waals surface area (Å²) >= 11 is 0. The van der Waals surface area contributed by atoms with E-state index >= 15 is 0 Å². The van der Waals surface area contributed by atoms with Gasteiger partial charge in [-0.05, 0) is 80.5 Å². The van der Waals surface area contributed by atoms with Crippen LogP contribution < -0.4 is 24.3 Å². The van der Waals surface area contributed by atoms with Gasteiger partial charge in [0.2, 0.25) is 0 Å². The predicted molar refractivity (Wildman–Crippen MR) is 148 cm³/mol. The van der Waals surface area contributed by atoms with E-state index in [4.69, 9.17) is 18.9 Å². The lowest BCUT2D eigenvalue weighted by molar-refractivity contribution is -0.118. The average Bonchev–Trinajstić information content (AvgIpc) is 2.90. The van der Waals surface area contributed by atoms with Gasteiger partial charge in [-0.15, -0.1) is 0 Å². The van der Waals surface area contributed by atoms with Gasteiger partial charge in [0, 0.05) is 5.69 Å². The number of anilines is 1. The molecule has 196 valence electrons. The maximum absolute atomic E-state index is 13.2. The Morgan fingerprint density at radius 3 is 2.45 bits per heavy atom. The maximum Gasteiger partial charge on any atom is 0.262 e. The standard InChI is InChI=1S/C31H31NO6/c1-20-8-6-7-9-24(20)32-29(34)19-37-28-18-21(11-14-27(28)36-5)10-13-25(33)22-12-15-26(35-4)23-16-17-31(2,3)38-30(22)23/h6-18H,19H2,1-5H3,(H,32,34)/b13-10+. The van der Waals surface area contributed by atoms with E-state index in [1.165, 1.54) is 13.2 Å². The third-order valence-corrected chi connectivity index (χ3v) is 6.05. The van der Waals surface area contributed by atoms with Crippen molar-refractivity contribution in [3.05, 3.63) is 89.0 Å². The zero-order valence-electron chi connectivity index (χ0n) is 22.2. The third kappa shape index (κ3) is 6.06. The fourth-order valence-corrected chi connectivity index (χ4v) is 4.02. The minimum atomic E-state index is -0.550. The molecule has 4 rings (SSSR count). The number of amides is 1. The van der Waals surface area contributed by atoms with E-state index in [0.29, 0.717) is 34.1 Å². The molecule has 0 fully saturated rings. The van der Waals surface area contributed by atoms with Crippen LogP contribution >= 0.6 is 0 Å². The molecular weight excluding hydrogens is 482 g/mol. The van der Waals surface area contributed by atoms with E-state index in [0.717, 1.165) is 16.8 Å². The fourth-order valence-electron chi connectivity index (χ4n) is 4.02. The number of fused-ring (bicyclic) bond motifs is 1. The summed E-state index contributed by atoms with van der Waals surface area (Å²) in [4.78, 5) is 25.6. The molecule has 1 amide bonds. The lowest BCUT2D eigenvalue weighted by Gasteiger charge is -2.29. The highest BCUT2D eigenvalue weighted by molar-refractivity contribution is 6.09. The SMILES string of the molecule is COc1ccc(/C=C/C(=O)c2ccc(OC)c3c2OC(C)(C)C=C3)cc1OCC(=O)Nc1ccccc1C. The van der Waals surface area contributed by atoms with Crippen LogP contribution in [0.5, 0.6) is 23.0 Å². The number of rotatable bonds is 9. The highest BCUT2D eigenvalue weighted by Crippen LogP contribution is 2.40. The van der Waals surface area contributed by atoms with Crippen LogP contribution in [0.3, 0.4) is 0 Å². The van der Waals surface area contributed by atoms with Crippen LogP contribution in [-0.2, 0) is 4.79 Å². The number of allylic oxidation sites excluding steroid dienone is 1. The van der Waals surface area contributed by atoms with Gasteiger partial charge >= 0.3 is 0 Å². The van der Waals surface area contributed by atoms with Crippen molar-refractivity contribution in [3.8, 4) is 23.0 Å². The highest BCUT2D eigenvalue weighted by Gasteiger charge is 2.27. The first-order chi connectivity index (χ1) is 18.2. The Balaban J connectivity index is 1.50. The Bertz CT molecular complexity index is 1420. The first kappa shape index (κ1) is 26.5. The maximum atomic E-state index is 13.2. The van der Waals surface area contributed by atoms with Crippen LogP contribution in [0.2, 0.25) is 0 Å². The van der Waals surface area contributed by atoms with Crippen molar-refractivity contribution in [2.45, 2.75) is 26.4 Å². The van der Waals surface area contributed by atoms with Gasteiger partial charge in [-0.3, -0.25) is 9.59 Å². The number of ether oxygens (including phenoxy) is 4. The summed E-state index contributed by atoms with van der Waals surface area (Å²) in [5, 5.41) is 2.84. The lowest BCUT2D eigenvalue weighted by atomic mass is 9.97. The molecule has 1 N–H and O–H groups in total. The van der Waals surface area contributed by atoms with Gasteiger partial charge in [0.1, 0.15) is 17.1 Å². The van der Waals surface area contributed by atoms with Crippen molar-refractivity contribution in [2.75, 3.05) is 26.1 Å². The number of carbonyl (C=O) groups excluding carboxylic acids is 2. The van der Waals surface area contributed by atoms with Gasteiger partial charge < -0.3 is 24.3 Å². The van der Waals surface area contributed by atoms with Crippen LogP contribution in [0.15, 0.2) is 66.7 Å². The third-order valence-electron chi connectivity index (χ3n) is 6.05. The number of benzene rings is 3. The van der Waals surface area contributed by atoms with Gasteiger partial charge in [0.05, 0.1) is 25.3 Å². The number of hydrogen-bond acceptors (Lipinski definition) is 6. The Kier molecular flexibility index (Phi) is 7.86. The van der Waals surface area contributed by atoms with Crippen LogP contribution in [0.4, 0.5) is 5.69 Å². The Labute approximate surface area is 222 Å². The topological polar surface area (TPSA) is 83.1 Å². The summed E-state index contributed by atoms with van der Waals surface area (Å²) in [5.41, 5.74) is 3.01. The molecule has 1 aliphatic heterocycles. The van der Waals surface area contributed by atoms with E-state index in [-0.39, 0.29) is 18.3 Å². The van der Waals surface area contributed by atoms with Crippen LogP contribution in [0, 0.1) is 6.92 Å². The number of carbonyl (C=O) groups is 2. The molecule has 7 heteroatoms. The Morgan fingerprint density at radius 2 is 1.71 bits per heavy atom. The number of ketones is 1. The Morgan fingerprint density at radius 1 is 0.974 bits per heavy atom. The van der Waals surface area contributed by atoms with E-state index in [1.807, 2.05) is 57.2 Å². The summed E-state index contributed by atoms with van der Waals surface area (Å²) < 4.78 is 22.7. The molecule has 3 aromatic carbocycles. The van der Waals surface area contributed by atoms with Crippen molar-refractivity contribution in [3.63, 3.8) is 0 Å². The second-order valence-electron chi connectivity index (χ2n) is 9.36. The molecule has 0 aromatic heterocycles. The van der Waals surface area contributed by atoms with Crippen LogP contribution in [-0.4, -0.2) is 38.1 Å². The van der Waals surface area contributed by atoms with Crippen molar-refractivity contribution >= 4 is 29.5 Å². The summed E-state index contributed by atoms with van der Waals surface area (Å²) in [6, 6.07) is 16.2. The molecule has 0 saturated carbocycles. The largest absolute Gasteiger partial charge is 0.496 e. The smallest absolute Gasteiger partial charge is 0.262 e. The number of nitrogens with one attached hydrogen (secondary N) is 1. The average molecular weight is 514 g/mol. The minimum Gasteiger partial charge on any atom is -0.496 e. The molecule has 0 atom stereocenters. The zero-order chi connectivity index (χ0) is 27.3. The summed E-state index contributed by atoms with van der Waals surface area (Å²) in [6.45, 7) is 5.57. The molecule has 38 heavy (non-hydrogen) atoms. The summed E-state index contributed by atoms with van der Waals surface area (Å²) in [6.07, 6.45) is 7.01. The highest BCUT2D eigenvalue weighted by atomic mass is 16.5. The number of hydrogen-bond donors (Lipinski definition) is 1. The second-order valence-corrected chi connectivity index (χ2v) is 9.36. The monoisotopic (exact) mass is 513 g/mol. The molecule has 0 aliphatic carbocycles. The second kappa shape index (κ2) is 11.3. The van der Waals surface area contributed by atoms with Crippen molar-refractivity contribution in [1.29, 1.82) is 0 Å². The van der Waals surface area contributed by atoms with Crippen molar-refractivity contribution in [2.24, 2.45) is 0 Å². The number of para-hydroxylation sites is 1. The molecule has 1 aliphatic rings. The molecular formula is C31H31NO6. The van der Waals surface area contributed by atoms with Gasteiger partial charge in [-0.2, -0.15) is 0 Å². The van der Waals surface area contributed by atoms with Gasteiger partial charge in [-0.1, -0.05) is 30.3 Å². The Hall–Kier alpha value is -4.52. The van der Waals surface area contributed by atoms with Crippen LogP contribution in [0.25, 0.3) is 12.2 Å². The fraction of sp³-hybridized carbons (Fsp3) is 0.226. The molecule has 0 spiro atoms. The van der Waals surface area contributed by atoms with E-state index in [1.54, 1.807) is 43.5 Å². The molecule has 0 unspecified atom stereocenters. The van der Waals surface area contributed by atoms with E-state index in [9.17, 15) is 9.59 Å². The summed E-state index contributed by atoms with van der Waals surface area (Å²) in [7, 11) is 3.11. The first-order valence-electron chi connectivity index (χ1n) is 12.2. The van der Waals surface area contributed by atoms with Crippen LogP contribution in [0.1, 0.15) is 40.9 Å². The van der Waals surface area contributed by atoms with E-state index in [2.05, 4.69) is 5.32 Å². The van der Waals surface area contributed by atoms with Gasteiger partial charge in [-0.25, -0.2) is 0 Å². The normalized spacial score (nSPS) is 13.4. The van der Waals surface area contributed by atoms with E-state index < -0.39 is 5.60 Å². The first-order valence-corrected chi connectivity index (χ1v) is 12.2. The number of aryl methyl sites for hydroxylation is 1. The van der Waals surface area contributed by atoms with Crippen molar-refractivity contribution in [1.82, 2.24) is 0 Å². The molecule has 1 heterocycles. The molecule has 0 bridgehead atoms. The van der Waals surface area contributed by atoms with Gasteiger partial charge in [0.25, 0.3) is 5.91 Å². The predicted octanol–water partition coefficient (Wildman–Crippen LogP) is 6.11. The molecule has 3 aromatic rings. The molecule has 7 nitrogen and oxygen atoms in total. The molecule has 0 radical (unpaired) electrons. The zero-order valence-corrected chi connectivity index (χ0v) is 22.2. The number of methoxy groups -OCH3 is 2. The summed E-state index contributed by atoms with van der Waals surface area (Å²) in [5.74, 6) is 1.48. The van der Waals surface area contributed by atoms with Gasteiger partial charge in [0.15, 0.2) is 23.9 Å². The lowest BCUT2D eigenvalue weighted by Crippen LogP contribution is -2.28. The molecule has 0 saturated heterocycles. The minimum absolute atomic E-state index is 0.199. The quantitative estimate of drug-likeness (QED) is 0.275.